The van der Waals surface area contributed by atoms with E-state index in [-0.39, 0.29) is 5.91 Å². The maximum atomic E-state index is 12.4. The number of thiazole rings is 1. The summed E-state index contributed by atoms with van der Waals surface area (Å²) in [6.45, 7) is 0.393. The molecular weight excluding hydrogens is 332 g/mol. The van der Waals surface area contributed by atoms with Crippen molar-refractivity contribution in [2.24, 2.45) is 0 Å². The van der Waals surface area contributed by atoms with E-state index in [4.69, 9.17) is 0 Å². The molecular formula is C14H14N6OS2. The predicted octanol–water partition coefficient (Wildman–Crippen LogP) is 2.12. The number of nitrogens with one attached hydrogen (secondary N) is 2. The van der Waals surface area contributed by atoms with Gasteiger partial charge in [0.1, 0.15) is 5.01 Å². The molecule has 0 saturated carbocycles. The topological polar surface area (TPSA) is 96.5 Å². The zero-order valence-electron chi connectivity index (χ0n) is 12.3. The Labute approximate surface area is 140 Å². The maximum absolute atomic E-state index is 12.4. The highest BCUT2D eigenvalue weighted by atomic mass is 32.2. The minimum absolute atomic E-state index is 0.190. The predicted molar refractivity (Wildman–Crippen MR) is 90.1 cm³/mol. The Hall–Kier alpha value is -2.26. The van der Waals surface area contributed by atoms with E-state index in [0.29, 0.717) is 23.5 Å². The molecule has 3 aromatic rings. The molecule has 2 N–H and O–H groups in total. The molecule has 0 atom stereocenters. The van der Waals surface area contributed by atoms with Gasteiger partial charge in [0.05, 0.1) is 17.8 Å². The summed E-state index contributed by atoms with van der Waals surface area (Å²) in [6.07, 6.45) is 2.04. The van der Waals surface area contributed by atoms with Crippen LogP contribution in [0.1, 0.15) is 21.1 Å². The number of aromatic nitrogens is 5. The van der Waals surface area contributed by atoms with Gasteiger partial charge in [-0.1, -0.05) is 18.2 Å². The van der Waals surface area contributed by atoms with E-state index in [1.807, 2.05) is 17.7 Å². The van der Waals surface area contributed by atoms with Crippen LogP contribution in [0.25, 0.3) is 11.4 Å². The van der Waals surface area contributed by atoms with E-state index >= 15 is 0 Å². The lowest BCUT2D eigenvalue weighted by Gasteiger charge is -2.06. The zero-order chi connectivity index (χ0) is 16.1. The summed E-state index contributed by atoms with van der Waals surface area (Å²) in [5.74, 6) is 1.09. The van der Waals surface area contributed by atoms with E-state index in [2.05, 4.69) is 30.9 Å². The molecule has 0 saturated heterocycles. The largest absolute Gasteiger partial charge is 0.346 e. The molecule has 23 heavy (non-hydrogen) atoms. The quantitative estimate of drug-likeness (QED) is 0.710. The van der Waals surface area contributed by atoms with Gasteiger partial charge in [-0.05, 0) is 17.5 Å². The van der Waals surface area contributed by atoms with Crippen molar-refractivity contribution < 1.29 is 4.79 Å². The molecule has 7 nitrogen and oxygen atoms in total. The highest BCUT2D eigenvalue weighted by molar-refractivity contribution is 7.97. The van der Waals surface area contributed by atoms with E-state index in [1.54, 1.807) is 41.3 Å². The molecule has 0 unspecified atom stereocenters. The Morgan fingerprint density at radius 1 is 1.39 bits per heavy atom. The van der Waals surface area contributed by atoms with Crippen molar-refractivity contribution in [3.63, 3.8) is 0 Å². The summed E-state index contributed by atoms with van der Waals surface area (Å²) in [7, 11) is 0. The molecule has 2 aromatic heterocycles. The van der Waals surface area contributed by atoms with Crippen molar-refractivity contribution in [3.05, 3.63) is 45.9 Å². The molecule has 3 rings (SSSR count). The number of thioether (sulfide) groups is 1. The number of carbonyl (C=O) groups excluding carboxylic acids is 1. The van der Waals surface area contributed by atoms with Crippen LogP contribution in [0.2, 0.25) is 0 Å². The number of amides is 1. The number of hydrogen-bond acceptors (Lipinski definition) is 7. The van der Waals surface area contributed by atoms with Gasteiger partial charge in [-0.15, -0.1) is 21.5 Å². The van der Waals surface area contributed by atoms with Gasteiger partial charge in [-0.3, -0.25) is 4.79 Å². The molecule has 0 aliphatic carbocycles. The average molecular weight is 346 g/mol. The highest BCUT2D eigenvalue weighted by Gasteiger charge is 2.15. The molecule has 0 fully saturated rings. The SMILES string of the molecule is CSCc1nc(CNC(=O)c2ccccc2-c2nn[nH]n2)cs1. The number of rotatable bonds is 6. The van der Waals surface area contributed by atoms with E-state index in [0.717, 1.165) is 16.5 Å². The lowest BCUT2D eigenvalue weighted by atomic mass is 10.1. The van der Waals surface area contributed by atoms with Gasteiger partial charge in [0.15, 0.2) is 0 Å². The van der Waals surface area contributed by atoms with Crippen LogP contribution in [-0.4, -0.2) is 37.8 Å². The number of tetrazole rings is 1. The lowest BCUT2D eigenvalue weighted by molar-refractivity contribution is 0.0951. The second kappa shape index (κ2) is 7.34. The standard InChI is InChI=1S/C14H14N6OS2/c1-22-8-12-16-9(7-23-12)6-15-14(21)11-5-3-2-4-10(11)13-17-19-20-18-13/h2-5,7H,6,8H2,1H3,(H,15,21)(H,17,18,19,20). The average Bonchev–Trinajstić information content (AvgIpc) is 3.25. The molecule has 0 radical (unpaired) electrons. The molecule has 2 heterocycles. The summed E-state index contributed by atoms with van der Waals surface area (Å²) < 4.78 is 0. The van der Waals surface area contributed by atoms with Gasteiger partial charge >= 0.3 is 0 Å². The second-order valence-electron chi connectivity index (χ2n) is 4.63. The van der Waals surface area contributed by atoms with Gasteiger partial charge in [0.2, 0.25) is 5.82 Å². The van der Waals surface area contributed by atoms with Crippen molar-refractivity contribution in [2.75, 3.05) is 6.26 Å². The summed E-state index contributed by atoms with van der Waals surface area (Å²) >= 11 is 3.33. The number of hydrogen-bond donors (Lipinski definition) is 2. The molecule has 0 aliphatic heterocycles. The van der Waals surface area contributed by atoms with Crippen molar-refractivity contribution in [3.8, 4) is 11.4 Å². The number of aromatic amines is 1. The van der Waals surface area contributed by atoms with Gasteiger partial charge in [-0.2, -0.15) is 17.0 Å². The summed E-state index contributed by atoms with van der Waals surface area (Å²) in [4.78, 5) is 16.9. The minimum Gasteiger partial charge on any atom is -0.346 e. The first-order valence-electron chi connectivity index (χ1n) is 6.81. The summed E-state index contributed by atoms with van der Waals surface area (Å²) in [6, 6.07) is 7.16. The van der Waals surface area contributed by atoms with Crippen LogP contribution < -0.4 is 5.32 Å². The van der Waals surface area contributed by atoms with E-state index in [9.17, 15) is 4.79 Å². The van der Waals surface area contributed by atoms with Crippen LogP contribution in [0.5, 0.6) is 0 Å². The highest BCUT2D eigenvalue weighted by Crippen LogP contribution is 2.19. The first kappa shape index (κ1) is 15.6. The Bertz CT molecular complexity index is 786. The Morgan fingerprint density at radius 2 is 2.26 bits per heavy atom. The van der Waals surface area contributed by atoms with Crippen LogP contribution in [-0.2, 0) is 12.3 Å². The minimum atomic E-state index is -0.190. The molecule has 0 aliphatic rings. The Morgan fingerprint density at radius 3 is 3.04 bits per heavy atom. The van der Waals surface area contributed by atoms with Crippen molar-refractivity contribution in [1.82, 2.24) is 30.9 Å². The third-order valence-corrected chi connectivity index (χ3v) is 4.70. The Balaban J connectivity index is 1.71. The van der Waals surface area contributed by atoms with E-state index in [1.165, 1.54) is 0 Å². The molecule has 1 amide bonds. The maximum Gasteiger partial charge on any atom is 0.252 e. The third kappa shape index (κ3) is 3.74. The summed E-state index contributed by atoms with van der Waals surface area (Å²) in [5, 5.41) is 19.7. The smallest absolute Gasteiger partial charge is 0.252 e. The van der Waals surface area contributed by atoms with Crippen molar-refractivity contribution in [2.45, 2.75) is 12.3 Å². The van der Waals surface area contributed by atoms with Crippen LogP contribution in [0.15, 0.2) is 29.6 Å². The van der Waals surface area contributed by atoms with E-state index < -0.39 is 0 Å². The molecule has 118 valence electrons. The fraction of sp³-hybridized carbons (Fsp3) is 0.214. The van der Waals surface area contributed by atoms with Crippen LogP contribution in [0.4, 0.5) is 0 Å². The van der Waals surface area contributed by atoms with Crippen molar-refractivity contribution in [1.29, 1.82) is 0 Å². The van der Waals surface area contributed by atoms with Crippen LogP contribution in [0.3, 0.4) is 0 Å². The van der Waals surface area contributed by atoms with Gasteiger partial charge in [0, 0.05) is 16.7 Å². The van der Waals surface area contributed by atoms with Crippen LogP contribution >= 0.6 is 23.1 Å². The first-order chi connectivity index (χ1) is 11.3. The fourth-order valence-corrected chi connectivity index (χ4v) is 3.55. The lowest BCUT2D eigenvalue weighted by Crippen LogP contribution is -2.23. The second-order valence-corrected chi connectivity index (χ2v) is 6.44. The number of benzene rings is 1. The third-order valence-electron chi connectivity index (χ3n) is 3.06. The van der Waals surface area contributed by atoms with Gasteiger partial charge in [-0.25, -0.2) is 4.98 Å². The van der Waals surface area contributed by atoms with Crippen LogP contribution in [0, 0.1) is 0 Å². The summed E-state index contributed by atoms with van der Waals surface area (Å²) in [5.41, 5.74) is 2.01. The number of nitrogens with zero attached hydrogens (tertiary/aromatic N) is 4. The molecule has 0 bridgehead atoms. The normalized spacial score (nSPS) is 10.7. The van der Waals surface area contributed by atoms with Gasteiger partial charge < -0.3 is 5.32 Å². The molecule has 1 aromatic carbocycles. The first-order valence-corrected chi connectivity index (χ1v) is 9.08. The zero-order valence-corrected chi connectivity index (χ0v) is 13.9. The fourth-order valence-electron chi connectivity index (χ4n) is 2.04. The van der Waals surface area contributed by atoms with Gasteiger partial charge in [0.25, 0.3) is 5.91 Å². The Kier molecular flexibility index (Phi) is 4.99. The number of H-pyrrole nitrogens is 1. The molecule has 9 heteroatoms. The number of carbonyl (C=O) groups is 1. The molecule has 0 spiro atoms. The monoisotopic (exact) mass is 346 g/mol. The van der Waals surface area contributed by atoms with Crippen molar-refractivity contribution >= 4 is 29.0 Å².